The lowest BCUT2D eigenvalue weighted by Gasteiger charge is -2.27. The summed E-state index contributed by atoms with van der Waals surface area (Å²) in [6, 6.07) is 9.83. The van der Waals surface area contributed by atoms with Gasteiger partial charge in [0.25, 0.3) is 0 Å². The highest BCUT2D eigenvalue weighted by Crippen LogP contribution is 2.39. The lowest BCUT2D eigenvalue weighted by atomic mass is 9.89. The third kappa shape index (κ3) is 4.40. The molecule has 1 saturated heterocycles. The summed E-state index contributed by atoms with van der Waals surface area (Å²) < 4.78 is 26.8. The van der Waals surface area contributed by atoms with E-state index in [4.69, 9.17) is 9.47 Å². The number of carbonyl (C=O) groups is 1. The number of fused-ring (bicyclic) bond motifs is 1. The van der Waals surface area contributed by atoms with E-state index in [1.807, 2.05) is 38.1 Å². The van der Waals surface area contributed by atoms with E-state index in [9.17, 15) is 9.00 Å². The van der Waals surface area contributed by atoms with Gasteiger partial charge < -0.3 is 9.47 Å². The zero-order valence-corrected chi connectivity index (χ0v) is 20.6. The Morgan fingerprint density at radius 3 is 2.63 bits per heavy atom. The van der Waals surface area contributed by atoms with Gasteiger partial charge in [-0.3, -0.25) is 9.78 Å². The number of carbonyl (C=O) groups excluding carboxylic acids is 1. The van der Waals surface area contributed by atoms with Gasteiger partial charge in [0.2, 0.25) is 0 Å². The Kier molecular flexibility index (Phi) is 6.50. The number of ketones is 1. The second-order valence-corrected chi connectivity index (χ2v) is 10.1. The molecule has 0 radical (unpaired) electrons. The number of ether oxygens (including phenoxy) is 2. The summed E-state index contributed by atoms with van der Waals surface area (Å²) in [5, 5.41) is 0. The van der Waals surface area contributed by atoms with Crippen LogP contribution in [0.5, 0.6) is 0 Å². The number of benzene rings is 1. The Hall–Kier alpha value is -3.35. The highest BCUT2D eigenvalue weighted by atomic mass is 32.2. The summed E-state index contributed by atoms with van der Waals surface area (Å²) in [5.41, 5.74) is 9.59. The number of aromatic nitrogens is 1. The Balaban J connectivity index is 1.78. The number of rotatable bonds is 4. The topological polar surface area (TPSA) is 68.7 Å². The van der Waals surface area contributed by atoms with E-state index in [0.717, 1.165) is 39.2 Å². The third-order valence-corrected chi connectivity index (χ3v) is 7.97. The molecule has 0 spiro atoms. The number of Topliss-reactive ketones (excluding diaryl/α,β-unsaturated/α-hetero) is 1. The normalized spacial score (nSPS) is 19.8. The first-order valence-corrected chi connectivity index (χ1v) is 12.6. The van der Waals surface area contributed by atoms with E-state index < -0.39 is 11.0 Å². The smallest absolute Gasteiger partial charge is 0.199 e. The van der Waals surface area contributed by atoms with Crippen LogP contribution in [0.15, 0.2) is 83.1 Å². The van der Waals surface area contributed by atoms with Gasteiger partial charge in [0.15, 0.2) is 5.78 Å². The summed E-state index contributed by atoms with van der Waals surface area (Å²) in [7, 11) is -1.68. The number of allylic oxidation sites excluding steroid dienone is 5. The second kappa shape index (κ2) is 9.72. The van der Waals surface area contributed by atoms with Gasteiger partial charge >= 0.3 is 0 Å². The van der Waals surface area contributed by atoms with Crippen molar-refractivity contribution in [1.29, 1.82) is 0 Å². The number of hydrogen-bond acceptors (Lipinski definition) is 5. The van der Waals surface area contributed by atoms with Gasteiger partial charge in [0, 0.05) is 54.2 Å². The van der Waals surface area contributed by atoms with Crippen molar-refractivity contribution in [1.82, 2.24) is 9.29 Å². The summed E-state index contributed by atoms with van der Waals surface area (Å²) in [5.74, 6) is 0.501. The summed E-state index contributed by atoms with van der Waals surface area (Å²) in [4.78, 5) is 18.2. The Bertz CT molecular complexity index is 1370. The first-order chi connectivity index (χ1) is 17.0. The van der Waals surface area contributed by atoms with Crippen LogP contribution in [0.2, 0.25) is 0 Å². The summed E-state index contributed by atoms with van der Waals surface area (Å²) in [6.07, 6.45) is 5.34. The maximum absolute atomic E-state index is 13.9. The van der Waals surface area contributed by atoms with Crippen molar-refractivity contribution in [3.63, 3.8) is 0 Å². The molecule has 0 bridgehead atoms. The number of pyridine rings is 1. The molecule has 3 heterocycles. The molecule has 0 amide bonds. The van der Waals surface area contributed by atoms with Crippen LogP contribution < -0.4 is 0 Å². The molecule has 1 aliphatic carbocycles. The molecular weight excluding hydrogens is 460 g/mol. The molecule has 1 aromatic heterocycles. The summed E-state index contributed by atoms with van der Waals surface area (Å²) >= 11 is 0. The molecule has 2 aliphatic heterocycles. The Morgan fingerprint density at radius 1 is 1.11 bits per heavy atom. The van der Waals surface area contributed by atoms with Crippen LogP contribution in [0.1, 0.15) is 36.1 Å². The minimum atomic E-state index is -1.68. The van der Waals surface area contributed by atoms with E-state index >= 15 is 0 Å². The van der Waals surface area contributed by atoms with E-state index in [0.29, 0.717) is 43.9 Å². The van der Waals surface area contributed by atoms with Gasteiger partial charge in [-0.25, -0.2) is 8.51 Å². The molecule has 1 unspecified atom stereocenters. The maximum atomic E-state index is 13.9. The van der Waals surface area contributed by atoms with Gasteiger partial charge in [-0.15, -0.1) is 0 Å². The molecule has 1 fully saturated rings. The van der Waals surface area contributed by atoms with Gasteiger partial charge in [0.1, 0.15) is 27.9 Å². The molecule has 0 saturated carbocycles. The minimum Gasteiger partial charge on any atom is -0.461 e. The predicted octanol–water partition coefficient (Wildman–Crippen LogP) is 4.34. The molecular formula is C28H26N2O4S. The standard InChI is InChI=1S/C28H26N2O4S/c1-18-8-12-34-20(3)25(18)22-7-6-21-15-19(2)27(31)28(35(32)30-10-13-33-14-11-30)26(24(21)16-22)23-5-4-9-29-17-23/h4-7,9,12,16-17H,2,10-11,13-15H2,1,3H3. The maximum Gasteiger partial charge on any atom is 0.199 e. The molecule has 178 valence electrons. The van der Waals surface area contributed by atoms with Crippen LogP contribution >= 0.6 is 0 Å². The lowest BCUT2D eigenvalue weighted by molar-refractivity contribution is -0.111. The van der Waals surface area contributed by atoms with Crippen molar-refractivity contribution in [2.24, 2.45) is 0 Å². The highest BCUT2D eigenvalue weighted by molar-refractivity contribution is 7.88. The number of morpholine rings is 1. The Morgan fingerprint density at radius 2 is 1.91 bits per heavy atom. The monoisotopic (exact) mass is 486 g/mol. The van der Waals surface area contributed by atoms with Crippen LogP contribution in [0.4, 0.5) is 0 Å². The molecule has 6 nitrogen and oxygen atoms in total. The molecule has 7 heteroatoms. The minimum absolute atomic E-state index is 0.249. The van der Waals surface area contributed by atoms with Gasteiger partial charge in [-0.2, -0.15) is 0 Å². The summed E-state index contributed by atoms with van der Waals surface area (Å²) in [6.45, 7) is 9.91. The zero-order valence-electron chi connectivity index (χ0n) is 19.8. The largest absolute Gasteiger partial charge is 0.461 e. The van der Waals surface area contributed by atoms with Gasteiger partial charge in [-0.1, -0.05) is 30.5 Å². The van der Waals surface area contributed by atoms with Crippen molar-refractivity contribution in [2.45, 2.75) is 20.3 Å². The van der Waals surface area contributed by atoms with E-state index in [1.54, 1.807) is 23.0 Å². The molecule has 0 N–H and O–H groups in total. The average Bonchev–Trinajstić information content (AvgIpc) is 2.98. The average molecular weight is 487 g/mol. The van der Waals surface area contributed by atoms with Crippen LogP contribution in [0.3, 0.4) is 0 Å². The molecule has 1 aromatic carbocycles. The first-order valence-electron chi connectivity index (χ1n) is 11.5. The van der Waals surface area contributed by atoms with Crippen molar-refractivity contribution in [2.75, 3.05) is 26.3 Å². The quantitative estimate of drug-likeness (QED) is 0.475. The van der Waals surface area contributed by atoms with Crippen LogP contribution in [0, 0.1) is 0 Å². The van der Waals surface area contributed by atoms with Crippen LogP contribution in [-0.4, -0.2) is 45.6 Å². The fourth-order valence-electron chi connectivity index (χ4n) is 4.65. The van der Waals surface area contributed by atoms with Crippen LogP contribution in [-0.2, 0) is 31.7 Å². The second-order valence-electron chi connectivity index (χ2n) is 8.65. The predicted molar refractivity (Wildman–Crippen MR) is 136 cm³/mol. The van der Waals surface area contributed by atoms with Crippen molar-refractivity contribution in [3.8, 4) is 0 Å². The first kappa shape index (κ1) is 23.4. The lowest BCUT2D eigenvalue weighted by Crippen LogP contribution is -2.39. The molecule has 5 rings (SSSR count). The number of nitrogens with zero attached hydrogens (tertiary/aromatic N) is 2. The zero-order chi connectivity index (χ0) is 24.5. The number of hydrogen-bond donors (Lipinski definition) is 0. The van der Waals surface area contributed by atoms with E-state index in [1.165, 1.54) is 0 Å². The molecule has 2 aromatic rings. The fraction of sp³-hybridized carbons (Fsp3) is 0.250. The third-order valence-electron chi connectivity index (χ3n) is 6.39. The van der Waals surface area contributed by atoms with Gasteiger partial charge in [0.05, 0.1) is 13.2 Å². The van der Waals surface area contributed by atoms with Crippen molar-refractivity contribution < 1.29 is 18.5 Å². The van der Waals surface area contributed by atoms with Crippen molar-refractivity contribution >= 4 is 27.9 Å². The Labute approximate surface area is 207 Å². The SMILES string of the molecule is C=C1Cc2ccc(C3=C(C)OC=C=C3C)cc2C(c2cccnc2)=C(S(=O)N2CCOCC2)C1=O. The van der Waals surface area contributed by atoms with Crippen LogP contribution in [0.25, 0.3) is 11.1 Å². The highest BCUT2D eigenvalue weighted by Gasteiger charge is 2.34. The molecule has 1 atom stereocenters. The van der Waals surface area contributed by atoms with E-state index in [2.05, 4.69) is 23.4 Å². The molecule has 3 aliphatic rings. The van der Waals surface area contributed by atoms with E-state index in [-0.39, 0.29) is 10.7 Å². The van der Waals surface area contributed by atoms with Gasteiger partial charge in [-0.05, 0) is 48.2 Å². The van der Waals surface area contributed by atoms with Crippen molar-refractivity contribution in [3.05, 3.63) is 105 Å². The fourth-order valence-corrected chi connectivity index (χ4v) is 6.10. The molecule has 35 heavy (non-hydrogen) atoms.